The molecule has 0 saturated carbocycles. The van der Waals surface area contributed by atoms with Gasteiger partial charge in [-0.2, -0.15) is 5.26 Å². The van der Waals surface area contributed by atoms with Crippen LogP contribution in [0.15, 0.2) is 59.7 Å². The molecule has 0 bridgehead atoms. The lowest BCUT2D eigenvalue weighted by Crippen LogP contribution is -2.22. The van der Waals surface area contributed by atoms with Gasteiger partial charge in [-0.3, -0.25) is 14.2 Å². The van der Waals surface area contributed by atoms with Crippen molar-refractivity contribution >= 4 is 16.9 Å². The van der Waals surface area contributed by atoms with E-state index in [0.29, 0.717) is 16.5 Å². The number of aromatic nitrogens is 2. The van der Waals surface area contributed by atoms with Gasteiger partial charge >= 0.3 is 5.97 Å². The third kappa shape index (κ3) is 3.90. The second kappa shape index (κ2) is 7.41. The number of carbonyl (C=O) groups excluding carboxylic acids is 1. The molecule has 1 heterocycles. The van der Waals surface area contributed by atoms with Crippen LogP contribution in [0, 0.1) is 11.3 Å². The lowest BCUT2D eigenvalue weighted by Gasteiger charge is -2.07. The van der Waals surface area contributed by atoms with Crippen molar-refractivity contribution in [2.24, 2.45) is 0 Å². The number of benzene rings is 2. The van der Waals surface area contributed by atoms with Gasteiger partial charge in [0, 0.05) is 6.54 Å². The summed E-state index contributed by atoms with van der Waals surface area (Å²) in [6, 6.07) is 15.9. The molecule has 0 saturated heterocycles. The zero-order chi connectivity index (χ0) is 17.6. The quantitative estimate of drug-likeness (QED) is 0.669. The van der Waals surface area contributed by atoms with E-state index in [-0.39, 0.29) is 25.1 Å². The summed E-state index contributed by atoms with van der Waals surface area (Å²) in [7, 11) is 0. The van der Waals surface area contributed by atoms with Crippen molar-refractivity contribution in [2.45, 2.75) is 19.6 Å². The van der Waals surface area contributed by atoms with Crippen molar-refractivity contribution in [3.05, 3.63) is 76.3 Å². The van der Waals surface area contributed by atoms with Crippen molar-refractivity contribution in [3.63, 3.8) is 0 Å². The first-order chi connectivity index (χ1) is 12.2. The number of hydrogen-bond acceptors (Lipinski definition) is 5. The predicted octanol–water partition coefficient (Wildman–Crippen LogP) is 2.40. The van der Waals surface area contributed by atoms with E-state index in [1.807, 2.05) is 12.1 Å². The van der Waals surface area contributed by atoms with Crippen LogP contribution in [-0.4, -0.2) is 15.5 Å². The highest BCUT2D eigenvalue weighted by atomic mass is 16.5. The summed E-state index contributed by atoms with van der Waals surface area (Å²) in [6.07, 6.45) is 1.52. The Morgan fingerprint density at radius 3 is 2.68 bits per heavy atom. The summed E-state index contributed by atoms with van der Waals surface area (Å²) >= 11 is 0. The maximum Gasteiger partial charge on any atom is 0.307 e. The van der Waals surface area contributed by atoms with Gasteiger partial charge in [0.1, 0.15) is 6.61 Å². The van der Waals surface area contributed by atoms with Crippen LogP contribution in [0.3, 0.4) is 0 Å². The Hall–Kier alpha value is -3.46. The molecule has 0 radical (unpaired) electrons. The van der Waals surface area contributed by atoms with Crippen molar-refractivity contribution in [3.8, 4) is 6.07 Å². The van der Waals surface area contributed by atoms with E-state index < -0.39 is 5.97 Å². The number of rotatable bonds is 5. The molecule has 2 aromatic carbocycles. The van der Waals surface area contributed by atoms with Crippen LogP contribution in [0.2, 0.25) is 0 Å². The van der Waals surface area contributed by atoms with Crippen molar-refractivity contribution < 1.29 is 9.53 Å². The minimum Gasteiger partial charge on any atom is -0.461 e. The van der Waals surface area contributed by atoms with Crippen LogP contribution in [-0.2, 0) is 22.7 Å². The molecule has 3 rings (SSSR count). The first-order valence-corrected chi connectivity index (χ1v) is 7.76. The van der Waals surface area contributed by atoms with E-state index in [1.54, 1.807) is 42.5 Å². The smallest absolute Gasteiger partial charge is 0.307 e. The standard InChI is InChI=1S/C19H15N3O3/c20-11-14-5-7-15(8-6-14)12-25-18(23)9-10-22-13-21-17-4-2-1-3-16(17)19(22)24/h1-8,13H,9-10,12H2. The summed E-state index contributed by atoms with van der Waals surface area (Å²) in [5.41, 5.74) is 1.81. The monoisotopic (exact) mass is 333 g/mol. The van der Waals surface area contributed by atoms with Crippen LogP contribution in [0.25, 0.3) is 10.9 Å². The van der Waals surface area contributed by atoms with Crippen LogP contribution >= 0.6 is 0 Å². The fraction of sp³-hybridized carbons (Fsp3) is 0.158. The highest BCUT2D eigenvalue weighted by Crippen LogP contribution is 2.07. The molecule has 0 spiro atoms. The third-order valence-corrected chi connectivity index (χ3v) is 3.77. The summed E-state index contributed by atoms with van der Waals surface area (Å²) in [5, 5.41) is 9.27. The fourth-order valence-corrected chi connectivity index (χ4v) is 2.39. The molecule has 0 unspecified atom stereocenters. The van der Waals surface area contributed by atoms with E-state index >= 15 is 0 Å². The molecule has 0 fully saturated rings. The largest absolute Gasteiger partial charge is 0.461 e. The molecule has 0 aliphatic carbocycles. The predicted molar refractivity (Wildman–Crippen MR) is 91.6 cm³/mol. The topological polar surface area (TPSA) is 85.0 Å². The summed E-state index contributed by atoms with van der Waals surface area (Å²) < 4.78 is 6.60. The highest BCUT2D eigenvalue weighted by Gasteiger charge is 2.07. The molecule has 25 heavy (non-hydrogen) atoms. The van der Waals surface area contributed by atoms with E-state index in [2.05, 4.69) is 4.98 Å². The minimum atomic E-state index is -0.399. The summed E-state index contributed by atoms with van der Waals surface area (Å²) in [6.45, 7) is 0.346. The third-order valence-electron chi connectivity index (χ3n) is 3.77. The van der Waals surface area contributed by atoms with Gasteiger partial charge in [-0.05, 0) is 29.8 Å². The van der Waals surface area contributed by atoms with Gasteiger partial charge in [0.05, 0.1) is 35.3 Å². The van der Waals surface area contributed by atoms with Crippen LogP contribution in [0.1, 0.15) is 17.5 Å². The molecular formula is C19H15N3O3. The first-order valence-electron chi connectivity index (χ1n) is 7.76. The van der Waals surface area contributed by atoms with Gasteiger partial charge in [0.2, 0.25) is 0 Å². The Kier molecular flexibility index (Phi) is 4.86. The second-order valence-corrected chi connectivity index (χ2v) is 5.48. The Bertz CT molecular complexity index is 1000. The number of hydrogen-bond donors (Lipinski definition) is 0. The lowest BCUT2D eigenvalue weighted by molar-refractivity contribution is -0.145. The number of aryl methyl sites for hydroxylation is 1. The molecule has 0 aliphatic heterocycles. The Labute approximate surface area is 143 Å². The molecule has 0 atom stereocenters. The molecule has 6 heteroatoms. The average molecular weight is 333 g/mol. The lowest BCUT2D eigenvalue weighted by atomic mass is 10.2. The van der Waals surface area contributed by atoms with Crippen molar-refractivity contribution in [1.82, 2.24) is 9.55 Å². The van der Waals surface area contributed by atoms with Gasteiger partial charge in [-0.1, -0.05) is 24.3 Å². The van der Waals surface area contributed by atoms with Gasteiger partial charge < -0.3 is 4.74 Å². The van der Waals surface area contributed by atoms with Gasteiger partial charge in [-0.15, -0.1) is 0 Å². The molecular weight excluding hydrogens is 318 g/mol. The molecule has 0 amide bonds. The number of carbonyl (C=O) groups is 1. The molecule has 0 aliphatic rings. The Morgan fingerprint density at radius 1 is 1.16 bits per heavy atom. The van der Waals surface area contributed by atoms with Gasteiger partial charge in [-0.25, -0.2) is 4.98 Å². The number of para-hydroxylation sites is 1. The number of nitrogens with zero attached hydrogens (tertiary/aromatic N) is 3. The summed E-state index contributed by atoms with van der Waals surface area (Å²) in [4.78, 5) is 28.4. The Balaban J connectivity index is 1.58. The van der Waals surface area contributed by atoms with E-state index in [9.17, 15) is 9.59 Å². The average Bonchev–Trinajstić information content (AvgIpc) is 2.66. The van der Waals surface area contributed by atoms with E-state index in [1.165, 1.54) is 10.9 Å². The normalized spacial score (nSPS) is 10.4. The number of nitriles is 1. The maximum absolute atomic E-state index is 12.3. The highest BCUT2D eigenvalue weighted by molar-refractivity contribution is 5.77. The zero-order valence-corrected chi connectivity index (χ0v) is 13.4. The van der Waals surface area contributed by atoms with Crippen LogP contribution in [0.4, 0.5) is 0 Å². The van der Waals surface area contributed by atoms with E-state index in [0.717, 1.165) is 5.56 Å². The molecule has 3 aromatic rings. The SMILES string of the molecule is N#Cc1ccc(COC(=O)CCn2cnc3ccccc3c2=O)cc1. The van der Waals surface area contributed by atoms with Gasteiger partial charge in [0.25, 0.3) is 5.56 Å². The Morgan fingerprint density at radius 2 is 1.92 bits per heavy atom. The molecule has 6 nitrogen and oxygen atoms in total. The van der Waals surface area contributed by atoms with E-state index in [4.69, 9.17) is 10.00 Å². The van der Waals surface area contributed by atoms with Crippen molar-refractivity contribution in [2.75, 3.05) is 0 Å². The second-order valence-electron chi connectivity index (χ2n) is 5.48. The summed E-state index contributed by atoms with van der Waals surface area (Å²) in [5.74, 6) is -0.399. The minimum absolute atomic E-state index is 0.0796. The maximum atomic E-state index is 12.3. The fourth-order valence-electron chi connectivity index (χ4n) is 2.39. The number of fused-ring (bicyclic) bond motifs is 1. The van der Waals surface area contributed by atoms with Crippen LogP contribution in [0.5, 0.6) is 0 Å². The first kappa shape index (κ1) is 16.4. The van der Waals surface area contributed by atoms with Crippen LogP contribution < -0.4 is 5.56 Å². The number of ether oxygens (including phenoxy) is 1. The van der Waals surface area contributed by atoms with Crippen molar-refractivity contribution in [1.29, 1.82) is 5.26 Å². The van der Waals surface area contributed by atoms with Gasteiger partial charge in [0.15, 0.2) is 0 Å². The molecule has 1 aromatic heterocycles. The molecule has 0 N–H and O–H groups in total. The number of esters is 1. The molecule has 124 valence electrons. The zero-order valence-electron chi connectivity index (χ0n) is 13.4.